The Morgan fingerprint density at radius 1 is 1.06 bits per heavy atom. The number of esters is 1. The highest BCUT2D eigenvalue weighted by atomic mass is 16.7. The number of allylic oxidation sites excluding steroid dienone is 1. The molecule has 3 N–H and O–H groups in total. The van der Waals surface area contributed by atoms with E-state index in [0.29, 0.717) is 55.7 Å². The first-order valence-corrected chi connectivity index (χ1v) is 22.4. The predicted molar refractivity (Wildman–Crippen MR) is 247 cm³/mol. The molecule has 0 radical (unpaired) electrons. The molecule has 5 heterocycles. The average Bonchev–Trinajstić information content (AvgIpc) is 4.02. The number of nitrogens with one attached hydrogen (secondary N) is 2. The van der Waals surface area contributed by atoms with Gasteiger partial charge in [-0.15, -0.1) is 0 Å². The summed E-state index contributed by atoms with van der Waals surface area (Å²) in [5, 5.41) is 18.0. The summed E-state index contributed by atoms with van der Waals surface area (Å²) in [4.78, 5) is 81.6. The molecule has 1 unspecified atom stereocenters. The number of pyridine rings is 1. The maximum Gasteiger partial charge on any atom is 0.324 e. The van der Waals surface area contributed by atoms with Crippen LogP contribution in [0.4, 0.5) is 0 Å². The van der Waals surface area contributed by atoms with Gasteiger partial charge in [0.05, 0.1) is 39.1 Å². The number of cyclic esters (lactones) is 1. The van der Waals surface area contributed by atoms with Crippen LogP contribution < -0.4 is 10.7 Å². The number of carbonyl (C=O) groups is 5. The van der Waals surface area contributed by atoms with Crippen LogP contribution >= 0.6 is 0 Å². The molecule has 2 aromatic heterocycles. The standard InChI is InChI=1S/C49H62N8O9/c1-10-55-40-14-13-31-22-35(40)36(44(55)37-24-50-16-15-32(37)27-64-8)23-49(4,5)28-66-48(63)38-12-11-17-56(52-38)46(61)39(20-30-18-33(31)21-34(58)19-30)51-45(60)43(29(2)3)54(7)42(59)26-53(6)47(62)41-25-57(41)65-9/h13-16,18-19,21-22,24,38-39,41,52,58H,10-12,17,20,23,25-28H2,1-9H3,(H,51,60)/t38-,39-,41+,57?/m0/s1. The summed E-state index contributed by atoms with van der Waals surface area (Å²) in [7, 11) is 6.10. The molecule has 7 rings (SSSR count). The maximum absolute atomic E-state index is 14.7. The van der Waals surface area contributed by atoms with Crippen molar-refractivity contribution < 1.29 is 43.4 Å². The van der Waals surface area contributed by atoms with Crippen LogP contribution in [0.15, 0.2) is 66.1 Å². The molecule has 3 aliphatic rings. The number of nitrogens with zero attached hydrogens (tertiary/aromatic N) is 6. The Hall–Kier alpha value is -6.14. The molecular weight excluding hydrogens is 845 g/mol. The van der Waals surface area contributed by atoms with Crippen LogP contribution in [-0.4, -0.2) is 137 Å². The number of hydrogen-bond donors (Lipinski definition) is 3. The SMILES string of the molecule is CCn1c(-c2cnccc2COC)c2c3cc(ccc31)-c1cc(O)cc(c1)C[C@H](NC(=O)C(=C(C)C)N(C)C(=O)CN(C)C(=O)[C@H]1CN1OC)C(=O)N1CCC[C@H](N1)C(=O)OCC(C)(C)C2. The van der Waals surface area contributed by atoms with Gasteiger partial charge in [-0.25, -0.2) is 5.43 Å². The number of ether oxygens (including phenoxy) is 2. The lowest BCUT2D eigenvalue weighted by molar-refractivity contribution is -0.155. The minimum absolute atomic E-state index is 0.00781. The van der Waals surface area contributed by atoms with Crippen LogP contribution in [0.2, 0.25) is 0 Å². The van der Waals surface area contributed by atoms with Crippen molar-refractivity contribution in [3.63, 3.8) is 0 Å². The molecule has 3 aliphatic heterocycles. The van der Waals surface area contributed by atoms with Gasteiger partial charge in [-0.2, -0.15) is 5.06 Å². The van der Waals surface area contributed by atoms with E-state index in [4.69, 9.17) is 14.3 Å². The number of methoxy groups -OCH3 is 1. The average molecular weight is 907 g/mol. The lowest BCUT2D eigenvalue weighted by Crippen LogP contribution is -2.60. The fraction of sp³-hybridized carbons (Fsp3) is 0.469. The van der Waals surface area contributed by atoms with Crippen molar-refractivity contribution in [1.82, 2.24) is 40.2 Å². The van der Waals surface area contributed by atoms with E-state index in [-0.39, 0.29) is 43.5 Å². The van der Waals surface area contributed by atoms with E-state index in [9.17, 15) is 29.1 Å². The van der Waals surface area contributed by atoms with Gasteiger partial charge in [-0.1, -0.05) is 26.0 Å². The highest BCUT2D eigenvalue weighted by Gasteiger charge is 2.43. The summed E-state index contributed by atoms with van der Waals surface area (Å²) >= 11 is 0. The molecule has 4 atom stereocenters. The zero-order chi connectivity index (χ0) is 47.6. The van der Waals surface area contributed by atoms with Crippen LogP contribution in [0.5, 0.6) is 5.75 Å². The quantitative estimate of drug-likeness (QED) is 0.110. The minimum Gasteiger partial charge on any atom is -0.508 e. The monoisotopic (exact) mass is 906 g/mol. The van der Waals surface area contributed by atoms with E-state index < -0.39 is 47.2 Å². The van der Waals surface area contributed by atoms with Crippen molar-refractivity contribution in [2.45, 2.75) is 91.6 Å². The highest BCUT2D eigenvalue weighted by molar-refractivity contribution is 6.01. The van der Waals surface area contributed by atoms with Gasteiger partial charge in [0.1, 0.15) is 29.6 Å². The number of hydroxylamine groups is 2. The fourth-order valence-corrected chi connectivity index (χ4v) is 9.16. The summed E-state index contributed by atoms with van der Waals surface area (Å²) in [6, 6.07) is 10.7. The molecule has 0 saturated carbocycles. The summed E-state index contributed by atoms with van der Waals surface area (Å²) in [6.07, 6.45) is 5.02. The number of phenolic OH excluding ortho intramolecular Hbond substituents is 1. The first-order valence-electron chi connectivity index (χ1n) is 22.4. The first-order chi connectivity index (χ1) is 31.4. The van der Waals surface area contributed by atoms with Gasteiger partial charge in [0, 0.05) is 75.0 Å². The molecule has 6 bridgehead atoms. The van der Waals surface area contributed by atoms with Crippen LogP contribution in [0, 0.1) is 5.41 Å². The van der Waals surface area contributed by atoms with Crippen molar-refractivity contribution in [3.8, 4) is 28.1 Å². The normalized spacial score (nSPS) is 20.5. The van der Waals surface area contributed by atoms with Crippen molar-refractivity contribution in [3.05, 3.63) is 82.8 Å². The van der Waals surface area contributed by atoms with Gasteiger partial charge in [0.25, 0.3) is 11.8 Å². The third-order valence-electron chi connectivity index (χ3n) is 12.5. The lowest BCUT2D eigenvalue weighted by Gasteiger charge is -2.36. The van der Waals surface area contributed by atoms with E-state index in [2.05, 4.69) is 53.2 Å². The second-order valence-corrected chi connectivity index (χ2v) is 18.4. The highest BCUT2D eigenvalue weighted by Crippen LogP contribution is 2.41. The minimum atomic E-state index is -1.22. The third kappa shape index (κ3) is 10.1. The largest absolute Gasteiger partial charge is 0.508 e. The smallest absolute Gasteiger partial charge is 0.324 e. The van der Waals surface area contributed by atoms with Gasteiger partial charge >= 0.3 is 5.97 Å². The molecule has 0 aliphatic carbocycles. The second-order valence-electron chi connectivity index (χ2n) is 18.4. The van der Waals surface area contributed by atoms with E-state index in [1.54, 1.807) is 39.3 Å². The Morgan fingerprint density at radius 3 is 2.53 bits per heavy atom. The number of hydrazine groups is 1. The Labute approximate surface area is 385 Å². The summed E-state index contributed by atoms with van der Waals surface area (Å²) in [5.74, 6) is -2.56. The molecule has 17 heteroatoms. The maximum atomic E-state index is 14.7. The number of phenols is 1. The van der Waals surface area contributed by atoms with Gasteiger partial charge in [0.15, 0.2) is 0 Å². The van der Waals surface area contributed by atoms with Gasteiger partial charge in [-0.3, -0.25) is 34.0 Å². The molecule has 2 fully saturated rings. The molecule has 4 aromatic rings. The zero-order valence-electron chi connectivity index (χ0n) is 39.4. The topological polar surface area (TPSA) is 188 Å². The predicted octanol–water partition coefficient (Wildman–Crippen LogP) is 4.35. The molecular formula is C49H62N8O9. The van der Waals surface area contributed by atoms with Gasteiger partial charge in [0.2, 0.25) is 11.8 Å². The summed E-state index contributed by atoms with van der Waals surface area (Å²) in [5.41, 5.74) is 10.1. The number of rotatable bonds is 11. The number of aryl methyl sites for hydroxylation is 1. The number of amides is 4. The molecule has 352 valence electrons. The number of fused-ring (bicyclic) bond motifs is 6. The van der Waals surface area contributed by atoms with Crippen LogP contribution in [0.3, 0.4) is 0 Å². The Bertz CT molecular complexity index is 2560. The van der Waals surface area contributed by atoms with Crippen LogP contribution in [-0.2, 0) is 64.3 Å². The molecule has 4 amide bonds. The van der Waals surface area contributed by atoms with Crippen molar-refractivity contribution in [2.24, 2.45) is 5.41 Å². The Morgan fingerprint density at radius 2 is 1.83 bits per heavy atom. The Balaban J connectivity index is 1.28. The zero-order valence-corrected chi connectivity index (χ0v) is 39.4. The lowest BCUT2D eigenvalue weighted by atomic mass is 9.84. The van der Waals surface area contributed by atoms with E-state index in [1.165, 1.54) is 41.1 Å². The number of hydrogen-bond acceptors (Lipinski definition) is 12. The van der Waals surface area contributed by atoms with Crippen LogP contribution in [0.25, 0.3) is 33.3 Å². The summed E-state index contributed by atoms with van der Waals surface area (Å²) in [6.45, 7) is 11.1. The van der Waals surface area contributed by atoms with Crippen LogP contribution in [0.1, 0.15) is 64.2 Å². The van der Waals surface area contributed by atoms with Crippen molar-refractivity contribution in [2.75, 3.05) is 54.6 Å². The number of likely N-dealkylation sites (N-methyl/N-ethyl adjacent to an activating group) is 2. The van der Waals surface area contributed by atoms with E-state index in [0.717, 1.165) is 38.9 Å². The fourth-order valence-electron chi connectivity index (χ4n) is 9.16. The van der Waals surface area contributed by atoms with Crippen molar-refractivity contribution in [1.29, 1.82) is 0 Å². The molecule has 0 spiro atoms. The number of aromatic hydroxyl groups is 1. The summed E-state index contributed by atoms with van der Waals surface area (Å²) < 4.78 is 14.0. The Kier molecular flexibility index (Phi) is 14.3. The van der Waals surface area contributed by atoms with Gasteiger partial charge in [-0.05, 0) is 104 Å². The number of aromatic nitrogens is 2. The van der Waals surface area contributed by atoms with E-state index in [1.807, 2.05) is 24.4 Å². The molecule has 17 nitrogen and oxygen atoms in total. The molecule has 2 aromatic carbocycles. The van der Waals surface area contributed by atoms with E-state index >= 15 is 0 Å². The first kappa shape index (κ1) is 47.8. The molecule has 2 saturated heterocycles. The second kappa shape index (κ2) is 19.8. The van der Waals surface area contributed by atoms with Gasteiger partial charge < -0.3 is 39.1 Å². The number of benzene rings is 2. The number of carbonyl (C=O) groups excluding carboxylic acids is 5. The van der Waals surface area contributed by atoms with Crippen molar-refractivity contribution >= 4 is 40.5 Å². The third-order valence-corrected chi connectivity index (χ3v) is 12.5. The molecule has 66 heavy (non-hydrogen) atoms.